The topological polar surface area (TPSA) is 77.1 Å². The molecule has 2 aromatic rings. The van der Waals surface area contributed by atoms with Gasteiger partial charge >= 0.3 is 18.2 Å². The number of carbonyl (C=O) groups is 2. The van der Waals surface area contributed by atoms with Gasteiger partial charge in [-0.25, -0.2) is 4.79 Å². The van der Waals surface area contributed by atoms with Crippen LogP contribution in [-0.4, -0.2) is 43.8 Å². The van der Waals surface area contributed by atoms with Crippen LogP contribution >= 0.6 is 0 Å². The van der Waals surface area contributed by atoms with Gasteiger partial charge in [-0.15, -0.1) is 0 Å². The zero-order valence-electron chi connectivity index (χ0n) is 19.2. The Morgan fingerprint density at radius 3 is 2.35 bits per heavy atom. The first-order chi connectivity index (χ1) is 16.2. The summed E-state index contributed by atoms with van der Waals surface area (Å²) in [6, 6.07) is 6.79. The number of carbonyl (C=O) groups excluding carboxylic acids is 2. The van der Waals surface area contributed by atoms with Crippen molar-refractivity contribution >= 4 is 17.7 Å². The van der Waals surface area contributed by atoms with Crippen molar-refractivity contribution in [1.82, 2.24) is 4.90 Å². The second kappa shape index (κ2) is 10.7. The fourth-order valence-electron chi connectivity index (χ4n) is 3.98. The third kappa shape index (κ3) is 5.55. The van der Waals surface area contributed by atoms with Gasteiger partial charge in [0, 0.05) is 6.54 Å². The van der Waals surface area contributed by atoms with E-state index in [1.165, 1.54) is 30.2 Å². The maximum atomic E-state index is 13.4. The lowest BCUT2D eigenvalue weighted by atomic mass is 9.90. The molecule has 0 bridgehead atoms. The van der Waals surface area contributed by atoms with Crippen molar-refractivity contribution in [3.05, 3.63) is 53.1 Å². The van der Waals surface area contributed by atoms with Crippen molar-refractivity contribution in [3.63, 3.8) is 0 Å². The number of alkyl halides is 3. The van der Waals surface area contributed by atoms with Gasteiger partial charge in [0.2, 0.25) is 0 Å². The molecule has 0 aromatic heterocycles. The van der Waals surface area contributed by atoms with E-state index in [1.807, 2.05) is 19.9 Å². The summed E-state index contributed by atoms with van der Waals surface area (Å²) in [7, 11) is 1.24. The fraction of sp³-hybridized carbons (Fsp3) is 0.417. The molecular formula is C24H27F3N2O5. The molecule has 2 aromatic carbocycles. The van der Waals surface area contributed by atoms with Crippen LogP contribution in [0.3, 0.4) is 0 Å². The normalized spacial score (nSPS) is 15.4. The molecule has 1 atom stereocenters. The van der Waals surface area contributed by atoms with Crippen LogP contribution in [-0.2, 0) is 22.1 Å². The maximum Gasteiger partial charge on any atom is 0.418 e. The summed E-state index contributed by atoms with van der Waals surface area (Å²) in [5, 5.41) is 2.37. The highest BCUT2D eigenvalue weighted by Gasteiger charge is 2.37. The first-order valence-corrected chi connectivity index (χ1v) is 10.9. The average molecular weight is 480 g/mol. The molecule has 0 spiro atoms. The summed E-state index contributed by atoms with van der Waals surface area (Å²) < 4.78 is 56.4. The van der Waals surface area contributed by atoms with E-state index >= 15 is 0 Å². The lowest BCUT2D eigenvalue weighted by Gasteiger charge is -2.37. The molecule has 0 saturated carbocycles. The quantitative estimate of drug-likeness (QED) is 0.552. The highest BCUT2D eigenvalue weighted by Crippen LogP contribution is 2.41. The number of ether oxygens (including phenoxy) is 3. The monoisotopic (exact) mass is 480 g/mol. The number of hydrogen-bond donors (Lipinski definition) is 1. The Morgan fingerprint density at radius 2 is 1.74 bits per heavy atom. The van der Waals surface area contributed by atoms with Gasteiger partial charge in [0.1, 0.15) is 0 Å². The van der Waals surface area contributed by atoms with Gasteiger partial charge in [0.25, 0.3) is 0 Å². The molecule has 1 N–H and O–H groups in total. The van der Waals surface area contributed by atoms with Crippen LogP contribution in [0.4, 0.5) is 23.7 Å². The number of esters is 1. The third-order valence-electron chi connectivity index (χ3n) is 5.49. The Hall–Kier alpha value is -3.43. The van der Waals surface area contributed by atoms with Crippen LogP contribution in [0.2, 0.25) is 0 Å². The smallest absolute Gasteiger partial charge is 0.418 e. The van der Waals surface area contributed by atoms with Crippen molar-refractivity contribution in [2.75, 3.05) is 32.2 Å². The number of benzene rings is 2. The molecule has 3 rings (SSSR count). The summed E-state index contributed by atoms with van der Waals surface area (Å²) >= 11 is 0. The second-order valence-electron chi connectivity index (χ2n) is 7.58. The number of para-hydroxylation sites is 1. The van der Waals surface area contributed by atoms with Gasteiger partial charge in [0.15, 0.2) is 11.5 Å². The first-order valence-electron chi connectivity index (χ1n) is 10.9. The lowest BCUT2D eigenvalue weighted by Crippen LogP contribution is -2.43. The van der Waals surface area contributed by atoms with Crippen molar-refractivity contribution in [2.45, 2.75) is 38.9 Å². The summed E-state index contributed by atoms with van der Waals surface area (Å²) in [5.41, 5.74) is 0.206. The van der Waals surface area contributed by atoms with E-state index in [4.69, 9.17) is 14.2 Å². The maximum absolute atomic E-state index is 13.4. The Labute approximate surface area is 195 Å². The van der Waals surface area contributed by atoms with E-state index in [2.05, 4.69) is 5.32 Å². The molecule has 34 heavy (non-hydrogen) atoms. The first kappa shape index (κ1) is 25.2. The number of nitrogens with zero attached hydrogens (tertiary/aromatic N) is 1. The van der Waals surface area contributed by atoms with E-state index in [9.17, 15) is 22.8 Å². The molecular weight excluding hydrogens is 453 g/mol. The highest BCUT2D eigenvalue weighted by atomic mass is 19.4. The Bertz CT molecular complexity index is 1040. The minimum Gasteiger partial charge on any atom is -0.490 e. The SMILES string of the molecule is CCOc1cc2c(cc1OCC)[C@H](CC(=O)OC)N(C(=O)Nc1ccccc1C(F)(F)F)CC2. The lowest BCUT2D eigenvalue weighted by molar-refractivity contribution is -0.142. The Balaban J connectivity index is 1.98. The molecule has 7 nitrogen and oxygen atoms in total. The van der Waals surface area contributed by atoms with E-state index in [0.29, 0.717) is 36.7 Å². The van der Waals surface area contributed by atoms with E-state index < -0.39 is 29.8 Å². The van der Waals surface area contributed by atoms with Crippen LogP contribution in [0.5, 0.6) is 11.5 Å². The molecule has 0 radical (unpaired) electrons. The van der Waals surface area contributed by atoms with Gasteiger partial charge in [0.05, 0.1) is 44.0 Å². The molecule has 1 aliphatic rings. The standard InChI is InChI=1S/C24H27F3N2O5/c1-4-33-20-12-15-10-11-29(19(14-22(30)32-3)16(15)13-21(20)34-5-2)23(31)28-18-9-7-6-8-17(18)24(25,26)27/h6-9,12-13,19H,4-5,10-11,14H2,1-3H3,(H,28,31)/t19-/m0/s1. The summed E-state index contributed by atoms with van der Waals surface area (Å²) in [6.45, 7) is 4.66. The Morgan fingerprint density at radius 1 is 1.09 bits per heavy atom. The molecule has 1 heterocycles. The fourth-order valence-corrected chi connectivity index (χ4v) is 3.98. The van der Waals surface area contributed by atoms with Crippen molar-refractivity contribution in [2.24, 2.45) is 0 Å². The summed E-state index contributed by atoms with van der Waals surface area (Å²) in [5.74, 6) is 0.456. The molecule has 184 valence electrons. The predicted molar refractivity (Wildman–Crippen MR) is 119 cm³/mol. The van der Waals surface area contributed by atoms with Gasteiger partial charge in [-0.1, -0.05) is 12.1 Å². The molecule has 0 aliphatic carbocycles. The van der Waals surface area contributed by atoms with Crippen molar-refractivity contribution < 1.29 is 37.0 Å². The van der Waals surface area contributed by atoms with E-state index in [0.717, 1.165) is 11.6 Å². The van der Waals surface area contributed by atoms with Crippen molar-refractivity contribution in [3.8, 4) is 11.5 Å². The number of urea groups is 1. The molecule has 0 saturated heterocycles. The third-order valence-corrected chi connectivity index (χ3v) is 5.49. The number of nitrogens with one attached hydrogen (secondary N) is 1. The number of hydrogen-bond acceptors (Lipinski definition) is 5. The van der Waals surface area contributed by atoms with Crippen LogP contribution in [0.1, 0.15) is 43.0 Å². The van der Waals surface area contributed by atoms with Crippen molar-refractivity contribution in [1.29, 1.82) is 0 Å². The van der Waals surface area contributed by atoms with Crippen LogP contribution in [0.25, 0.3) is 0 Å². The zero-order chi connectivity index (χ0) is 24.9. The van der Waals surface area contributed by atoms with E-state index in [-0.39, 0.29) is 18.7 Å². The van der Waals surface area contributed by atoms with Gasteiger partial charge in [-0.05, 0) is 55.7 Å². The largest absolute Gasteiger partial charge is 0.490 e. The number of halogens is 3. The molecule has 0 fully saturated rings. The summed E-state index contributed by atoms with van der Waals surface area (Å²) in [6.07, 6.45) is -4.38. The molecule has 0 unspecified atom stereocenters. The minimum atomic E-state index is -4.63. The number of fused-ring (bicyclic) bond motifs is 1. The summed E-state index contributed by atoms with van der Waals surface area (Å²) in [4.78, 5) is 26.7. The van der Waals surface area contributed by atoms with Crippen LogP contribution in [0, 0.1) is 0 Å². The van der Waals surface area contributed by atoms with Crippen LogP contribution < -0.4 is 14.8 Å². The zero-order valence-corrected chi connectivity index (χ0v) is 19.2. The Kier molecular flexibility index (Phi) is 7.90. The number of amides is 2. The average Bonchev–Trinajstić information content (AvgIpc) is 2.79. The molecule has 2 amide bonds. The number of anilines is 1. The van der Waals surface area contributed by atoms with Gasteiger partial charge in [-0.2, -0.15) is 13.2 Å². The predicted octanol–water partition coefficient (Wildman–Crippen LogP) is 5.20. The number of methoxy groups -OCH3 is 1. The number of rotatable bonds is 7. The molecule has 10 heteroatoms. The van der Waals surface area contributed by atoms with Crippen LogP contribution in [0.15, 0.2) is 36.4 Å². The van der Waals surface area contributed by atoms with Gasteiger partial charge < -0.3 is 24.4 Å². The molecule has 1 aliphatic heterocycles. The highest BCUT2D eigenvalue weighted by molar-refractivity contribution is 5.91. The minimum absolute atomic E-state index is 0.169. The van der Waals surface area contributed by atoms with E-state index in [1.54, 1.807) is 6.07 Å². The van der Waals surface area contributed by atoms with Gasteiger partial charge in [-0.3, -0.25) is 4.79 Å². The second-order valence-corrected chi connectivity index (χ2v) is 7.58.